The highest BCUT2D eigenvalue weighted by atomic mass is 35.5. The second-order valence-electron chi connectivity index (χ2n) is 5.05. The molecule has 2 aliphatic rings. The van der Waals surface area contributed by atoms with Crippen LogP contribution in [0.2, 0.25) is 0 Å². The average molecular weight is 247 g/mol. The molecule has 0 radical (unpaired) electrons. The second kappa shape index (κ2) is 6.45. The standard InChI is InChI=1S/C12H22N2O.ClH/c1-10-4-7-14(8-5-10)12(15)11-3-2-6-13-9-11;/h10-11,13H,2-9H2,1H3;1H/t11-;/m1./s1. The fourth-order valence-corrected chi connectivity index (χ4v) is 2.55. The number of halogens is 1. The van der Waals surface area contributed by atoms with Crippen molar-refractivity contribution < 1.29 is 4.79 Å². The number of carbonyl (C=O) groups is 1. The number of likely N-dealkylation sites (tertiary alicyclic amines) is 1. The molecule has 0 aromatic rings. The van der Waals surface area contributed by atoms with Gasteiger partial charge in [-0.3, -0.25) is 4.79 Å². The smallest absolute Gasteiger partial charge is 0.226 e. The maximum absolute atomic E-state index is 12.1. The minimum absolute atomic E-state index is 0. The van der Waals surface area contributed by atoms with E-state index in [4.69, 9.17) is 0 Å². The molecule has 0 spiro atoms. The number of nitrogens with zero attached hydrogens (tertiary/aromatic N) is 1. The molecule has 2 fully saturated rings. The zero-order chi connectivity index (χ0) is 10.7. The number of hydrogen-bond acceptors (Lipinski definition) is 2. The maximum Gasteiger partial charge on any atom is 0.226 e. The summed E-state index contributed by atoms with van der Waals surface area (Å²) in [6, 6.07) is 0. The fourth-order valence-electron chi connectivity index (χ4n) is 2.55. The van der Waals surface area contributed by atoms with Crippen molar-refractivity contribution in [2.75, 3.05) is 26.2 Å². The largest absolute Gasteiger partial charge is 0.342 e. The van der Waals surface area contributed by atoms with Gasteiger partial charge >= 0.3 is 0 Å². The summed E-state index contributed by atoms with van der Waals surface area (Å²) in [5, 5.41) is 3.32. The maximum atomic E-state index is 12.1. The molecule has 4 heteroatoms. The van der Waals surface area contributed by atoms with Gasteiger partial charge in [-0.15, -0.1) is 12.4 Å². The van der Waals surface area contributed by atoms with Crippen LogP contribution in [0.4, 0.5) is 0 Å². The van der Waals surface area contributed by atoms with Crippen molar-refractivity contribution in [1.29, 1.82) is 0 Å². The van der Waals surface area contributed by atoms with Crippen LogP contribution in [0.15, 0.2) is 0 Å². The molecular formula is C12H23ClN2O. The Labute approximate surface area is 104 Å². The Hall–Kier alpha value is -0.280. The van der Waals surface area contributed by atoms with Crippen LogP contribution in [0.1, 0.15) is 32.6 Å². The van der Waals surface area contributed by atoms with E-state index in [1.165, 1.54) is 12.8 Å². The zero-order valence-corrected chi connectivity index (χ0v) is 10.9. The van der Waals surface area contributed by atoms with E-state index in [0.29, 0.717) is 5.91 Å². The van der Waals surface area contributed by atoms with Gasteiger partial charge in [0, 0.05) is 19.6 Å². The molecular weight excluding hydrogens is 224 g/mol. The van der Waals surface area contributed by atoms with Gasteiger partial charge in [0.15, 0.2) is 0 Å². The van der Waals surface area contributed by atoms with Crippen molar-refractivity contribution in [2.24, 2.45) is 11.8 Å². The van der Waals surface area contributed by atoms with Crippen LogP contribution in [0.25, 0.3) is 0 Å². The van der Waals surface area contributed by atoms with Crippen molar-refractivity contribution in [3.8, 4) is 0 Å². The average Bonchev–Trinajstić information content (AvgIpc) is 2.30. The number of piperidine rings is 2. The molecule has 2 heterocycles. The van der Waals surface area contributed by atoms with Gasteiger partial charge in [-0.1, -0.05) is 6.92 Å². The molecule has 1 atom stereocenters. The lowest BCUT2D eigenvalue weighted by Gasteiger charge is -2.34. The lowest BCUT2D eigenvalue weighted by molar-refractivity contribution is -0.137. The van der Waals surface area contributed by atoms with Gasteiger partial charge < -0.3 is 10.2 Å². The number of rotatable bonds is 1. The molecule has 1 N–H and O–H groups in total. The van der Waals surface area contributed by atoms with E-state index in [-0.39, 0.29) is 18.3 Å². The normalized spacial score (nSPS) is 27.3. The van der Waals surface area contributed by atoms with Crippen molar-refractivity contribution >= 4 is 18.3 Å². The molecule has 0 aromatic heterocycles. The van der Waals surface area contributed by atoms with Crippen molar-refractivity contribution in [3.63, 3.8) is 0 Å². The summed E-state index contributed by atoms with van der Waals surface area (Å²) in [4.78, 5) is 14.2. The van der Waals surface area contributed by atoms with Gasteiger partial charge in [0.05, 0.1) is 5.92 Å². The van der Waals surface area contributed by atoms with E-state index in [1.54, 1.807) is 0 Å². The van der Waals surface area contributed by atoms with E-state index in [9.17, 15) is 4.79 Å². The third-order valence-corrected chi connectivity index (χ3v) is 3.74. The molecule has 0 bridgehead atoms. The highest BCUT2D eigenvalue weighted by Gasteiger charge is 2.27. The third-order valence-electron chi connectivity index (χ3n) is 3.74. The molecule has 2 saturated heterocycles. The lowest BCUT2D eigenvalue weighted by atomic mass is 9.94. The van der Waals surface area contributed by atoms with Crippen LogP contribution in [0.3, 0.4) is 0 Å². The second-order valence-corrected chi connectivity index (χ2v) is 5.05. The summed E-state index contributed by atoms with van der Waals surface area (Å²) in [5.74, 6) is 1.46. The van der Waals surface area contributed by atoms with Crippen molar-refractivity contribution in [2.45, 2.75) is 32.6 Å². The Balaban J connectivity index is 0.00000128. The van der Waals surface area contributed by atoms with E-state index in [0.717, 1.165) is 44.9 Å². The van der Waals surface area contributed by atoms with Gasteiger partial charge in [0.2, 0.25) is 5.91 Å². The summed E-state index contributed by atoms with van der Waals surface area (Å²) in [6.45, 7) is 6.22. The first-order valence-electron chi connectivity index (χ1n) is 6.27. The minimum atomic E-state index is 0. The third kappa shape index (κ3) is 3.36. The van der Waals surface area contributed by atoms with E-state index in [2.05, 4.69) is 17.1 Å². The monoisotopic (exact) mass is 246 g/mol. The summed E-state index contributed by atoms with van der Waals surface area (Å²) >= 11 is 0. The number of amides is 1. The van der Waals surface area contributed by atoms with Gasteiger partial charge in [0.1, 0.15) is 0 Å². The zero-order valence-electron chi connectivity index (χ0n) is 10.1. The quantitative estimate of drug-likeness (QED) is 0.764. The molecule has 2 aliphatic heterocycles. The van der Waals surface area contributed by atoms with Crippen LogP contribution in [0, 0.1) is 11.8 Å². The Morgan fingerprint density at radius 2 is 1.94 bits per heavy atom. The summed E-state index contributed by atoms with van der Waals surface area (Å²) in [5.41, 5.74) is 0. The van der Waals surface area contributed by atoms with Crippen LogP contribution < -0.4 is 5.32 Å². The first-order valence-corrected chi connectivity index (χ1v) is 6.27. The van der Waals surface area contributed by atoms with E-state index in [1.807, 2.05) is 0 Å². The van der Waals surface area contributed by atoms with Crippen molar-refractivity contribution in [1.82, 2.24) is 10.2 Å². The van der Waals surface area contributed by atoms with Crippen LogP contribution in [-0.2, 0) is 4.79 Å². The Morgan fingerprint density at radius 1 is 1.25 bits per heavy atom. The summed E-state index contributed by atoms with van der Waals surface area (Å²) in [7, 11) is 0. The van der Waals surface area contributed by atoms with Crippen LogP contribution in [-0.4, -0.2) is 37.0 Å². The van der Waals surface area contributed by atoms with E-state index >= 15 is 0 Å². The Kier molecular flexibility index (Phi) is 5.56. The summed E-state index contributed by atoms with van der Waals surface area (Å²) in [6.07, 6.45) is 4.61. The molecule has 1 amide bonds. The molecule has 16 heavy (non-hydrogen) atoms. The molecule has 0 aromatic carbocycles. The summed E-state index contributed by atoms with van der Waals surface area (Å²) < 4.78 is 0. The lowest BCUT2D eigenvalue weighted by Crippen LogP contribution is -2.45. The Bertz CT molecular complexity index is 221. The highest BCUT2D eigenvalue weighted by molar-refractivity contribution is 5.85. The first-order chi connectivity index (χ1) is 7.27. The molecule has 0 aliphatic carbocycles. The van der Waals surface area contributed by atoms with Crippen LogP contribution >= 0.6 is 12.4 Å². The van der Waals surface area contributed by atoms with Gasteiger partial charge in [0.25, 0.3) is 0 Å². The molecule has 2 rings (SSSR count). The van der Waals surface area contributed by atoms with Gasteiger partial charge in [-0.2, -0.15) is 0 Å². The predicted octanol–water partition coefficient (Wildman–Crippen LogP) is 1.67. The predicted molar refractivity (Wildman–Crippen MR) is 67.8 cm³/mol. The molecule has 0 saturated carbocycles. The van der Waals surface area contributed by atoms with Crippen molar-refractivity contribution in [3.05, 3.63) is 0 Å². The number of carbonyl (C=O) groups excluding carboxylic acids is 1. The molecule has 0 unspecified atom stereocenters. The Morgan fingerprint density at radius 3 is 2.50 bits per heavy atom. The van der Waals surface area contributed by atoms with E-state index < -0.39 is 0 Å². The first kappa shape index (κ1) is 13.8. The molecule has 3 nitrogen and oxygen atoms in total. The van der Waals surface area contributed by atoms with Crippen LogP contribution in [0.5, 0.6) is 0 Å². The van der Waals surface area contributed by atoms with Gasteiger partial charge in [-0.05, 0) is 38.1 Å². The van der Waals surface area contributed by atoms with Gasteiger partial charge in [-0.25, -0.2) is 0 Å². The SMILES string of the molecule is CC1CCN(C(=O)[C@@H]2CCCNC2)CC1.Cl. The number of hydrogen-bond donors (Lipinski definition) is 1. The number of nitrogens with one attached hydrogen (secondary N) is 1. The fraction of sp³-hybridized carbons (Fsp3) is 0.917. The molecule has 94 valence electrons. The topological polar surface area (TPSA) is 32.3 Å². The highest BCUT2D eigenvalue weighted by Crippen LogP contribution is 2.20. The minimum Gasteiger partial charge on any atom is -0.342 e.